The second kappa shape index (κ2) is 13.0. The van der Waals surface area contributed by atoms with E-state index < -0.39 is 0 Å². The van der Waals surface area contributed by atoms with E-state index in [1.807, 2.05) is 38.1 Å². The maximum absolute atomic E-state index is 12.5. The average Bonchev–Trinajstić information content (AvgIpc) is 3.54. The lowest BCUT2D eigenvalue weighted by Crippen LogP contribution is -2.15. The van der Waals surface area contributed by atoms with Gasteiger partial charge in [-0.15, -0.1) is 20.4 Å². The molecule has 0 saturated heterocycles. The number of nitrogens with zero attached hydrogens (tertiary/aromatic N) is 4. The summed E-state index contributed by atoms with van der Waals surface area (Å²) in [7, 11) is 3.10. The van der Waals surface area contributed by atoms with E-state index in [4.69, 9.17) is 9.47 Å². The fraction of sp³-hybridized carbons (Fsp3) is 0.250. The normalized spacial score (nSPS) is 10.7. The Morgan fingerprint density at radius 1 is 0.737 bits per heavy atom. The minimum Gasteiger partial charge on any atom is -0.495 e. The van der Waals surface area contributed by atoms with E-state index in [9.17, 15) is 9.59 Å². The van der Waals surface area contributed by atoms with Gasteiger partial charge in [0, 0.05) is 0 Å². The Morgan fingerprint density at radius 3 is 1.50 bits per heavy atom. The van der Waals surface area contributed by atoms with Crippen molar-refractivity contribution in [2.24, 2.45) is 0 Å². The number of amides is 2. The van der Waals surface area contributed by atoms with E-state index in [0.717, 1.165) is 29.8 Å². The van der Waals surface area contributed by atoms with Gasteiger partial charge in [0.05, 0.1) is 37.1 Å². The molecule has 2 N–H and O–H groups in total. The Labute approximate surface area is 236 Å². The molecule has 38 heavy (non-hydrogen) atoms. The number of methoxy groups -OCH3 is 2. The third-order valence-corrected chi connectivity index (χ3v) is 8.90. The van der Waals surface area contributed by atoms with Crippen molar-refractivity contribution in [3.8, 4) is 22.6 Å². The molecular weight excluding hydrogens is 565 g/mol. The lowest BCUT2D eigenvalue weighted by Gasteiger charge is -2.14. The highest BCUT2D eigenvalue weighted by atomic mass is 32.2. The highest BCUT2D eigenvalue weighted by Crippen LogP contribution is 2.35. The predicted molar refractivity (Wildman–Crippen MR) is 153 cm³/mol. The number of rotatable bonds is 11. The van der Waals surface area contributed by atoms with E-state index in [-0.39, 0.29) is 23.3 Å². The zero-order chi connectivity index (χ0) is 27.1. The van der Waals surface area contributed by atoms with Gasteiger partial charge in [-0.3, -0.25) is 9.59 Å². The molecule has 0 aliphatic rings. The third-order valence-electron chi connectivity index (χ3n) is 4.95. The molecule has 14 heteroatoms. The zero-order valence-electron chi connectivity index (χ0n) is 20.9. The first kappa shape index (κ1) is 27.8. The molecule has 2 amide bonds. The van der Waals surface area contributed by atoms with Crippen molar-refractivity contribution in [1.82, 2.24) is 20.4 Å². The predicted octanol–water partition coefficient (Wildman–Crippen LogP) is 5.15. The smallest absolute Gasteiger partial charge is 0.234 e. The van der Waals surface area contributed by atoms with Crippen molar-refractivity contribution < 1.29 is 19.1 Å². The van der Waals surface area contributed by atoms with Gasteiger partial charge in [0.2, 0.25) is 11.8 Å². The van der Waals surface area contributed by atoms with Crippen molar-refractivity contribution in [2.75, 3.05) is 36.4 Å². The summed E-state index contributed by atoms with van der Waals surface area (Å²) in [5, 5.41) is 23.4. The first-order valence-electron chi connectivity index (χ1n) is 11.2. The van der Waals surface area contributed by atoms with Gasteiger partial charge < -0.3 is 20.1 Å². The largest absolute Gasteiger partial charge is 0.495 e. The Kier molecular flexibility index (Phi) is 9.55. The van der Waals surface area contributed by atoms with Gasteiger partial charge in [-0.1, -0.05) is 58.3 Å². The number of ether oxygens (including phenoxy) is 2. The summed E-state index contributed by atoms with van der Waals surface area (Å²) in [6.45, 7) is 3.74. The van der Waals surface area contributed by atoms with Crippen LogP contribution in [0, 0.1) is 13.8 Å². The number of hydrogen-bond acceptors (Lipinski definition) is 12. The molecule has 0 aliphatic carbocycles. The Morgan fingerprint density at radius 2 is 1.16 bits per heavy atom. The summed E-state index contributed by atoms with van der Waals surface area (Å²) in [5.41, 5.74) is 2.84. The van der Waals surface area contributed by atoms with Gasteiger partial charge in [0.25, 0.3) is 0 Å². The van der Waals surface area contributed by atoms with Crippen LogP contribution in [-0.2, 0) is 9.59 Å². The second-order valence-corrected chi connectivity index (χ2v) is 12.5. The number of hydrogen-bond donors (Lipinski definition) is 2. The number of aryl methyl sites for hydroxylation is 2. The lowest BCUT2D eigenvalue weighted by molar-refractivity contribution is -0.114. The standard InChI is InChI=1S/C24H24N6O4S4/c1-13-27-29-23(37-13)35-11-21(31)25-17-7-5-15(9-19(17)33-3)16-6-8-18(20(10-16)34-4)26-22(32)12-36-24-30-28-14(2)38-24/h5-10H,11-12H2,1-4H3,(H,25,31)(H,26,32). The van der Waals surface area contributed by atoms with Crippen LogP contribution >= 0.6 is 46.2 Å². The van der Waals surface area contributed by atoms with Gasteiger partial charge in [-0.25, -0.2) is 0 Å². The molecule has 0 spiro atoms. The summed E-state index contributed by atoms with van der Waals surface area (Å²) in [6, 6.07) is 11.0. The monoisotopic (exact) mass is 588 g/mol. The molecule has 0 saturated carbocycles. The molecule has 0 unspecified atom stereocenters. The van der Waals surface area contributed by atoms with Crippen LogP contribution in [0.1, 0.15) is 10.0 Å². The number of aromatic nitrogens is 4. The molecule has 0 atom stereocenters. The van der Waals surface area contributed by atoms with Crippen molar-refractivity contribution in [3.05, 3.63) is 46.4 Å². The molecule has 0 aliphatic heterocycles. The molecule has 2 aromatic heterocycles. The quantitative estimate of drug-likeness (QED) is 0.227. The maximum Gasteiger partial charge on any atom is 0.234 e. The number of carbonyl (C=O) groups is 2. The van der Waals surface area contributed by atoms with Gasteiger partial charge >= 0.3 is 0 Å². The van der Waals surface area contributed by atoms with Gasteiger partial charge in [-0.05, 0) is 49.2 Å². The summed E-state index contributed by atoms with van der Waals surface area (Å²) in [6.07, 6.45) is 0. The summed E-state index contributed by atoms with van der Waals surface area (Å²) in [4.78, 5) is 24.9. The number of carbonyl (C=O) groups excluding carboxylic acids is 2. The van der Waals surface area contributed by atoms with Gasteiger partial charge in [0.1, 0.15) is 21.5 Å². The first-order valence-corrected chi connectivity index (χ1v) is 14.8. The van der Waals surface area contributed by atoms with Crippen LogP contribution < -0.4 is 20.1 Å². The number of benzene rings is 2. The first-order chi connectivity index (χ1) is 18.3. The van der Waals surface area contributed by atoms with Crippen LogP contribution in [0.2, 0.25) is 0 Å². The van der Waals surface area contributed by atoms with Crippen molar-refractivity contribution in [1.29, 1.82) is 0 Å². The topological polar surface area (TPSA) is 128 Å². The van der Waals surface area contributed by atoms with E-state index in [0.29, 0.717) is 22.9 Å². The van der Waals surface area contributed by atoms with Crippen LogP contribution in [-0.4, -0.2) is 57.9 Å². The van der Waals surface area contributed by atoms with Gasteiger partial charge in [0.15, 0.2) is 8.68 Å². The van der Waals surface area contributed by atoms with Crippen LogP contribution in [0.15, 0.2) is 45.1 Å². The molecule has 0 bridgehead atoms. The fourth-order valence-electron chi connectivity index (χ4n) is 3.25. The van der Waals surface area contributed by atoms with Crippen molar-refractivity contribution >= 4 is 69.4 Å². The van der Waals surface area contributed by atoms with E-state index in [2.05, 4.69) is 31.0 Å². The highest BCUT2D eigenvalue weighted by Gasteiger charge is 2.14. The maximum atomic E-state index is 12.5. The molecule has 4 rings (SSSR count). The fourth-order valence-corrected chi connectivity index (χ4v) is 6.48. The lowest BCUT2D eigenvalue weighted by atomic mass is 10.0. The molecule has 0 fully saturated rings. The second-order valence-electron chi connectivity index (χ2n) is 7.68. The summed E-state index contributed by atoms with van der Waals surface area (Å²) in [5.74, 6) is 1.12. The van der Waals surface area contributed by atoms with Crippen LogP contribution in [0.25, 0.3) is 11.1 Å². The minimum atomic E-state index is -0.171. The van der Waals surface area contributed by atoms with E-state index in [1.165, 1.54) is 46.2 Å². The molecule has 4 aromatic rings. The molecular formula is C24H24N6O4S4. The number of nitrogens with one attached hydrogen (secondary N) is 2. The third kappa shape index (κ3) is 7.43. The Hall–Kier alpha value is -3.20. The van der Waals surface area contributed by atoms with Crippen molar-refractivity contribution in [2.45, 2.75) is 22.5 Å². The van der Waals surface area contributed by atoms with E-state index >= 15 is 0 Å². The van der Waals surface area contributed by atoms with Gasteiger partial charge in [-0.2, -0.15) is 0 Å². The molecule has 2 aromatic carbocycles. The number of anilines is 2. The highest BCUT2D eigenvalue weighted by molar-refractivity contribution is 8.01. The minimum absolute atomic E-state index is 0.171. The van der Waals surface area contributed by atoms with E-state index in [1.54, 1.807) is 26.4 Å². The average molecular weight is 589 g/mol. The SMILES string of the molecule is COc1cc(-c2ccc(NC(=O)CSc3nnc(C)s3)c(OC)c2)ccc1NC(=O)CSc1nnc(C)s1. The molecule has 2 heterocycles. The summed E-state index contributed by atoms with van der Waals surface area (Å²) < 4.78 is 12.6. The molecule has 0 radical (unpaired) electrons. The zero-order valence-corrected chi connectivity index (χ0v) is 24.2. The van der Waals surface area contributed by atoms with Crippen molar-refractivity contribution in [3.63, 3.8) is 0 Å². The van der Waals surface area contributed by atoms with Crippen LogP contribution in [0.4, 0.5) is 11.4 Å². The Balaban J connectivity index is 1.41. The number of thioether (sulfide) groups is 2. The Bertz CT molecular complexity index is 1330. The van der Waals surface area contributed by atoms with Crippen LogP contribution in [0.5, 0.6) is 11.5 Å². The summed E-state index contributed by atoms with van der Waals surface area (Å²) >= 11 is 5.57. The van der Waals surface area contributed by atoms with Crippen LogP contribution in [0.3, 0.4) is 0 Å². The molecule has 198 valence electrons. The molecule has 10 nitrogen and oxygen atoms in total.